The molecule has 9 heteroatoms. The summed E-state index contributed by atoms with van der Waals surface area (Å²) >= 11 is 0. The van der Waals surface area contributed by atoms with Crippen LogP contribution in [0.25, 0.3) is 10.9 Å². The van der Waals surface area contributed by atoms with Crippen LogP contribution in [0.2, 0.25) is 0 Å². The molecular formula is C21H27N3O6. The molecule has 0 fully saturated rings. The first-order valence-corrected chi connectivity index (χ1v) is 9.74. The van der Waals surface area contributed by atoms with Crippen LogP contribution >= 0.6 is 0 Å². The number of ether oxygens (including phenoxy) is 2. The number of nitrogens with one attached hydrogen (secondary N) is 1. The van der Waals surface area contributed by atoms with Gasteiger partial charge in [-0.25, -0.2) is 0 Å². The maximum atomic E-state index is 13.3. The number of benzene rings is 1. The van der Waals surface area contributed by atoms with Gasteiger partial charge < -0.3 is 24.5 Å². The summed E-state index contributed by atoms with van der Waals surface area (Å²) in [5.41, 5.74) is -0.403. The minimum atomic E-state index is -0.958. The van der Waals surface area contributed by atoms with Gasteiger partial charge in [0.25, 0.3) is 11.5 Å². The Kier molecular flexibility index (Phi) is 6.02. The second kappa shape index (κ2) is 8.35. The van der Waals surface area contributed by atoms with E-state index >= 15 is 0 Å². The average molecular weight is 417 g/mol. The van der Waals surface area contributed by atoms with Gasteiger partial charge in [0, 0.05) is 30.6 Å². The van der Waals surface area contributed by atoms with E-state index in [2.05, 4.69) is 5.32 Å². The molecule has 0 saturated heterocycles. The third kappa shape index (κ3) is 4.56. The highest BCUT2D eigenvalue weighted by Crippen LogP contribution is 2.35. The van der Waals surface area contributed by atoms with Crippen LogP contribution in [0.15, 0.2) is 23.0 Å². The van der Waals surface area contributed by atoms with Crippen LogP contribution in [0.1, 0.15) is 31.1 Å². The van der Waals surface area contributed by atoms with Crippen LogP contribution in [-0.4, -0.2) is 65.3 Å². The van der Waals surface area contributed by atoms with Gasteiger partial charge in [-0.05, 0) is 39.0 Å². The number of carbonyl (C=O) groups is 2. The van der Waals surface area contributed by atoms with Gasteiger partial charge >= 0.3 is 5.97 Å². The third-order valence-corrected chi connectivity index (χ3v) is 4.78. The lowest BCUT2D eigenvalue weighted by Crippen LogP contribution is -2.43. The summed E-state index contributed by atoms with van der Waals surface area (Å²) in [7, 11) is 1.51. The average Bonchev–Trinajstić information content (AvgIpc) is 2.73. The van der Waals surface area contributed by atoms with E-state index in [1.807, 2.05) is 20.8 Å². The second-order valence-electron chi connectivity index (χ2n) is 8.27. The summed E-state index contributed by atoms with van der Waals surface area (Å²) in [6.07, 6.45) is 0. The first-order chi connectivity index (χ1) is 14.1. The zero-order chi connectivity index (χ0) is 22.1. The fourth-order valence-corrected chi connectivity index (χ4v) is 3.49. The molecule has 0 spiro atoms. The van der Waals surface area contributed by atoms with Crippen molar-refractivity contribution >= 4 is 22.8 Å². The third-order valence-electron chi connectivity index (χ3n) is 4.78. The van der Waals surface area contributed by atoms with E-state index < -0.39 is 23.0 Å². The van der Waals surface area contributed by atoms with Crippen molar-refractivity contribution in [1.29, 1.82) is 0 Å². The van der Waals surface area contributed by atoms with Crippen LogP contribution in [-0.2, 0) is 11.3 Å². The zero-order valence-electron chi connectivity index (χ0n) is 17.7. The smallest absolute Gasteiger partial charge is 0.317 e. The monoisotopic (exact) mass is 417 g/mol. The van der Waals surface area contributed by atoms with Crippen molar-refractivity contribution in [2.24, 2.45) is 0 Å². The number of hydrogen-bond acceptors (Lipinski definition) is 6. The van der Waals surface area contributed by atoms with Gasteiger partial charge in [0.05, 0.1) is 19.2 Å². The molecule has 1 aromatic carbocycles. The van der Waals surface area contributed by atoms with E-state index in [0.29, 0.717) is 35.5 Å². The van der Waals surface area contributed by atoms with E-state index in [1.54, 1.807) is 23.1 Å². The Hall–Kier alpha value is -3.07. The van der Waals surface area contributed by atoms with Crippen molar-refractivity contribution in [3.8, 4) is 11.5 Å². The Morgan fingerprint density at radius 3 is 2.60 bits per heavy atom. The maximum absolute atomic E-state index is 13.3. The van der Waals surface area contributed by atoms with Gasteiger partial charge in [0.15, 0.2) is 11.5 Å². The first kappa shape index (κ1) is 21.6. The summed E-state index contributed by atoms with van der Waals surface area (Å²) < 4.78 is 12.8. The number of hydrogen-bond donors (Lipinski definition) is 2. The highest BCUT2D eigenvalue weighted by molar-refractivity contribution is 5.99. The second-order valence-corrected chi connectivity index (χ2v) is 8.27. The minimum Gasteiger partial charge on any atom is -0.493 e. The summed E-state index contributed by atoms with van der Waals surface area (Å²) in [6, 6.07) is 5.07. The molecule has 0 bridgehead atoms. The fourth-order valence-electron chi connectivity index (χ4n) is 3.49. The molecule has 2 heterocycles. The molecular weight excluding hydrogens is 390 g/mol. The molecule has 1 aromatic heterocycles. The van der Waals surface area contributed by atoms with Crippen LogP contribution < -0.4 is 20.3 Å². The van der Waals surface area contributed by atoms with Crippen molar-refractivity contribution in [2.75, 3.05) is 33.4 Å². The number of carboxylic acid groups (broad SMARTS) is 1. The molecule has 0 saturated carbocycles. The number of aromatic nitrogens is 1. The minimum absolute atomic E-state index is 0.0255. The highest BCUT2D eigenvalue weighted by atomic mass is 16.5. The Morgan fingerprint density at radius 1 is 1.23 bits per heavy atom. The number of rotatable bonds is 4. The standard InChI is InChI=1S/C21H27N3O6/c1-21(2,3)22-19(27)14-11-13-5-6-15(29-4)18-17(13)24(20(14)28)8-7-23(9-10-30-18)12-16(25)26/h5-6,11H,7-10,12H2,1-4H3,(H,22,27)(H,25,26). The Labute approximate surface area is 174 Å². The van der Waals surface area contributed by atoms with Crippen molar-refractivity contribution in [3.63, 3.8) is 0 Å². The number of amides is 1. The molecule has 1 aliphatic rings. The number of pyridine rings is 1. The molecule has 0 aliphatic carbocycles. The van der Waals surface area contributed by atoms with Crippen LogP contribution in [0.4, 0.5) is 0 Å². The van der Waals surface area contributed by atoms with Gasteiger partial charge in [0.1, 0.15) is 12.2 Å². The van der Waals surface area contributed by atoms with E-state index in [0.717, 1.165) is 0 Å². The van der Waals surface area contributed by atoms with Crippen LogP contribution in [0.5, 0.6) is 11.5 Å². The van der Waals surface area contributed by atoms with E-state index in [9.17, 15) is 14.4 Å². The van der Waals surface area contributed by atoms with Crippen LogP contribution in [0, 0.1) is 0 Å². The number of carboxylic acids is 1. The fraction of sp³-hybridized carbons (Fsp3) is 0.476. The zero-order valence-corrected chi connectivity index (χ0v) is 17.7. The lowest BCUT2D eigenvalue weighted by Gasteiger charge is -2.22. The quantitative estimate of drug-likeness (QED) is 0.772. The molecule has 3 rings (SSSR count). The van der Waals surface area contributed by atoms with Gasteiger partial charge in [-0.3, -0.25) is 19.3 Å². The number of nitrogens with zero attached hydrogens (tertiary/aromatic N) is 2. The summed E-state index contributed by atoms with van der Waals surface area (Å²) in [6.45, 7) is 6.51. The predicted molar refractivity (Wildman–Crippen MR) is 112 cm³/mol. The number of aliphatic carboxylic acids is 1. The van der Waals surface area contributed by atoms with Crippen LogP contribution in [0.3, 0.4) is 0 Å². The molecule has 1 aliphatic heterocycles. The van der Waals surface area contributed by atoms with Crippen molar-refractivity contribution in [1.82, 2.24) is 14.8 Å². The van der Waals surface area contributed by atoms with Crippen molar-refractivity contribution in [2.45, 2.75) is 32.9 Å². The van der Waals surface area contributed by atoms with E-state index in [-0.39, 0.29) is 25.3 Å². The molecule has 0 radical (unpaired) electrons. The van der Waals surface area contributed by atoms with Gasteiger partial charge in [-0.15, -0.1) is 0 Å². The van der Waals surface area contributed by atoms with E-state index in [4.69, 9.17) is 14.6 Å². The molecule has 1 amide bonds. The highest BCUT2D eigenvalue weighted by Gasteiger charge is 2.24. The Morgan fingerprint density at radius 2 is 1.97 bits per heavy atom. The normalized spacial score (nSPS) is 14.9. The molecule has 2 N–H and O–H groups in total. The largest absolute Gasteiger partial charge is 0.493 e. The Bertz CT molecular complexity index is 1040. The lowest BCUT2D eigenvalue weighted by molar-refractivity contribution is -0.138. The van der Waals surface area contributed by atoms with Gasteiger partial charge in [-0.1, -0.05) is 0 Å². The predicted octanol–water partition coefficient (Wildman–Crippen LogP) is 1.32. The first-order valence-electron chi connectivity index (χ1n) is 9.74. The van der Waals surface area contributed by atoms with Gasteiger partial charge in [-0.2, -0.15) is 0 Å². The summed E-state index contributed by atoms with van der Waals surface area (Å²) in [4.78, 5) is 39.0. The van der Waals surface area contributed by atoms with Gasteiger partial charge in [0.2, 0.25) is 0 Å². The molecule has 30 heavy (non-hydrogen) atoms. The molecule has 0 unspecified atom stereocenters. The molecule has 2 aromatic rings. The number of methoxy groups -OCH3 is 1. The van der Waals surface area contributed by atoms with Crippen molar-refractivity contribution in [3.05, 3.63) is 34.1 Å². The number of carbonyl (C=O) groups excluding carboxylic acids is 1. The SMILES string of the molecule is COc1ccc2cc(C(=O)NC(C)(C)C)c(=O)n3c2c1OCCN(CC(=O)O)CC3. The van der Waals surface area contributed by atoms with E-state index in [1.165, 1.54) is 11.7 Å². The topological polar surface area (TPSA) is 110 Å². The molecule has 162 valence electrons. The molecule has 9 nitrogen and oxygen atoms in total. The summed E-state index contributed by atoms with van der Waals surface area (Å²) in [5, 5.41) is 12.7. The Balaban J connectivity index is 2.18. The lowest BCUT2D eigenvalue weighted by atomic mass is 10.1. The van der Waals surface area contributed by atoms with Crippen molar-refractivity contribution < 1.29 is 24.2 Å². The summed E-state index contributed by atoms with van der Waals surface area (Å²) in [5.74, 6) is -0.542. The molecule has 0 atom stereocenters. The maximum Gasteiger partial charge on any atom is 0.317 e.